The summed E-state index contributed by atoms with van der Waals surface area (Å²) in [6, 6.07) is 10.9. The van der Waals surface area contributed by atoms with Gasteiger partial charge in [0, 0.05) is 25.6 Å². The van der Waals surface area contributed by atoms with Crippen LogP contribution in [0.5, 0.6) is 17.2 Å². The first-order valence-corrected chi connectivity index (χ1v) is 12.3. The van der Waals surface area contributed by atoms with E-state index in [0.29, 0.717) is 5.75 Å². The molecule has 1 heterocycles. The van der Waals surface area contributed by atoms with Crippen molar-refractivity contribution in [3.05, 3.63) is 48.3 Å². The van der Waals surface area contributed by atoms with Crippen molar-refractivity contribution in [3.8, 4) is 17.2 Å². The number of benzene rings is 1. The fourth-order valence-electron chi connectivity index (χ4n) is 3.63. The summed E-state index contributed by atoms with van der Waals surface area (Å²) in [6.45, 7) is 10.4. The number of carbonyl (C=O) groups excluding carboxylic acids is 3. The third kappa shape index (κ3) is 8.77. The lowest BCUT2D eigenvalue weighted by Gasteiger charge is -2.33. The quantitative estimate of drug-likeness (QED) is 0.198. The molecule has 0 aliphatic carbocycles. The number of nitrogens with zero attached hydrogens (tertiary/aromatic N) is 1. The number of ether oxygens (including phenoxy) is 5. The van der Waals surface area contributed by atoms with Gasteiger partial charge in [0.1, 0.15) is 18.0 Å². The first kappa shape index (κ1) is 29.6. The van der Waals surface area contributed by atoms with Gasteiger partial charge < -0.3 is 23.7 Å². The minimum atomic E-state index is -0.757. The van der Waals surface area contributed by atoms with Gasteiger partial charge in [-0.05, 0) is 24.0 Å². The number of aromatic nitrogens is 1. The van der Waals surface area contributed by atoms with E-state index >= 15 is 0 Å². The molecule has 0 aliphatic rings. The van der Waals surface area contributed by atoms with Crippen molar-refractivity contribution in [2.75, 3.05) is 13.9 Å². The van der Waals surface area contributed by atoms with Crippen molar-refractivity contribution in [3.63, 3.8) is 0 Å². The molecule has 0 bridgehead atoms. The van der Waals surface area contributed by atoms with Gasteiger partial charge in [0.2, 0.25) is 6.79 Å². The fourth-order valence-corrected chi connectivity index (χ4v) is 3.63. The summed E-state index contributed by atoms with van der Waals surface area (Å²) in [7, 11) is 1.41. The maximum absolute atomic E-state index is 13.1. The molecule has 2 aromatic rings. The highest BCUT2D eigenvalue weighted by molar-refractivity contribution is 5.99. The van der Waals surface area contributed by atoms with E-state index in [1.54, 1.807) is 6.92 Å². The first-order chi connectivity index (χ1) is 17.5. The lowest BCUT2D eigenvalue weighted by molar-refractivity contribution is -0.163. The maximum atomic E-state index is 13.1. The van der Waals surface area contributed by atoms with Crippen LogP contribution in [-0.2, 0) is 19.1 Å². The van der Waals surface area contributed by atoms with Crippen LogP contribution in [0.2, 0.25) is 0 Å². The number of ketones is 1. The van der Waals surface area contributed by atoms with E-state index in [2.05, 4.69) is 4.98 Å². The van der Waals surface area contributed by atoms with E-state index in [1.807, 2.05) is 58.0 Å². The van der Waals surface area contributed by atoms with Gasteiger partial charge in [-0.1, -0.05) is 52.8 Å². The number of para-hydroxylation sites is 1. The Hall–Kier alpha value is -3.62. The maximum Gasteiger partial charge on any atom is 0.309 e. The zero-order chi connectivity index (χ0) is 27.5. The molecule has 1 aromatic carbocycles. The average Bonchev–Trinajstić information content (AvgIpc) is 2.85. The molecule has 0 saturated heterocycles. The van der Waals surface area contributed by atoms with Gasteiger partial charge in [-0.3, -0.25) is 14.4 Å². The van der Waals surface area contributed by atoms with Crippen molar-refractivity contribution in [1.82, 2.24) is 4.98 Å². The highest BCUT2D eigenvalue weighted by Gasteiger charge is 2.34. The van der Waals surface area contributed by atoms with Crippen molar-refractivity contribution in [1.29, 1.82) is 0 Å². The Morgan fingerprint density at radius 3 is 2.14 bits per heavy atom. The number of esters is 2. The summed E-state index contributed by atoms with van der Waals surface area (Å²) in [5.74, 6) is -1.24. The smallest absolute Gasteiger partial charge is 0.309 e. The van der Waals surface area contributed by atoms with Gasteiger partial charge in [-0.25, -0.2) is 4.98 Å². The number of Topliss-reactive ketones (excluding diaryl/α,β-unsaturated/α-hetero) is 1. The molecule has 0 saturated carbocycles. The van der Waals surface area contributed by atoms with E-state index in [9.17, 15) is 14.4 Å². The predicted molar refractivity (Wildman–Crippen MR) is 137 cm³/mol. The zero-order valence-corrected chi connectivity index (χ0v) is 22.6. The molecule has 1 aromatic heterocycles. The summed E-state index contributed by atoms with van der Waals surface area (Å²) in [5.41, 5.74) is -0.0287. The molecule has 0 radical (unpaired) electrons. The highest BCUT2D eigenvalue weighted by Crippen LogP contribution is 2.31. The standard InChI is InChI=1S/C28H37NO8/c1-17(2)25(36-21-11-9-8-10-12-21)26(18(3)4)37-28(32)19(5)15-22(31)24-27(35-16-34-20(6)30)23(33-7)13-14-29-24/h8-14,17-19,25-26H,15-16H2,1-7H3/t19-,25-,26+/m1/s1. The Labute approximate surface area is 218 Å². The Morgan fingerprint density at radius 2 is 1.57 bits per heavy atom. The number of hydrogen-bond acceptors (Lipinski definition) is 9. The van der Waals surface area contributed by atoms with Crippen LogP contribution in [0.1, 0.15) is 58.5 Å². The van der Waals surface area contributed by atoms with Crippen molar-refractivity contribution in [2.45, 2.75) is 60.2 Å². The van der Waals surface area contributed by atoms with Gasteiger partial charge in [0.15, 0.2) is 23.0 Å². The van der Waals surface area contributed by atoms with Gasteiger partial charge in [0.05, 0.1) is 13.0 Å². The molecule has 0 fully saturated rings. The minimum Gasteiger partial charge on any atom is -0.493 e. The van der Waals surface area contributed by atoms with Crippen LogP contribution in [0.3, 0.4) is 0 Å². The number of hydrogen-bond donors (Lipinski definition) is 0. The molecule has 2 rings (SSSR count). The van der Waals surface area contributed by atoms with Crippen LogP contribution in [0.25, 0.3) is 0 Å². The van der Waals surface area contributed by atoms with E-state index in [1.165, 1.54) is 26.3 Å². The SMILES string of the molecule is COc1ccnc(C(=O)C[C@@H](C)C(=O)O[C@@H](C(C)C)[C@H](Oc2ccccc2)C(C)C)c1OCOC(C)=O. The van der Waals surface area contributed by atoms with E-state index < -0.39 is 36.5 Å². The number of rotatable bonds is 14. The Kier molecular flexibility index (Phi) is 11.4. The van der Waals surface area contributed by atoms with Crippen molar-refractivity contribution in [2.24, 2.45) is 17.8 Å². The van der Waals surface area contributed by atoms with Gasteiger partial charge >= 0.3 is 11.9 Å². The normalized spacial score (nSPS) is 13.4. The van der Waals surface area contributed by atoms with Crippen LogP contribution in [0.4, 0.5) is 0 Å². The summed E-state index contributed by atoms with van der Waals surface area (Å²) in [4.78, 5) is 41.4. The topological polar surface area (TPSA) is 110 Å². The zero-order valence-electron chi connectivity index (χ0n) is 22.6. The predicted octanol–water partition coefficient (Wildman–Crippen LogP) is 4.87. The van der Waals surface area contributed by atoms with Gasteiger partial charge in [-0.2, -0.15) is 0 Å². The second-order valence-corrected chi connectivity index (χ2v) is 9.40. The molecule has 0 aliphatic heterocycles. The van der Waals surface area contributed by atoms with E-state index in [0.717, 1.165) is 0 Å². The Morgan fingerprint density at radius 1 is 0.919 bits per heavy atom. The molecule has 0 spiro atoms. The lowest BCUT2D eigenvalue weighted by Crippen LogP contribution is -2.43. The molecule has 0 N–H and O–H groups in total. The van der Waals surface area contributed by atoms with Crippen LogP contribution in [0, 0.1) is 17.8 Å². The largest absolute Gasteiger partial charge is 0.493 e. The van der Waals surface area contributed by atoms with Crippen molar-refractivity contribution >= 4 is 17.7 Å². The van der Waals surface area contributed by atoms with Crippen LogP contribution < -0.4 is 14.2 Å². The molecular formula is C28H37NO8. The Bertz CT molecular complexity index is 1040. The summed E-state index contributed by atoms with van der Waals surface area (Å²) in [5, 5.41) is 0. The third-order valence-corrected chi connectivity index (χ3v) is 5.62. The van der Waals surface area contributed by atoms with Gasteiger partial charge in [-0.15, -0.1) is 0 Å². The first-order valence-electron chi connectivity index (χ1n) is 12.3. The summed E-state index contributed by atoms with van der Waals surface area (Å²) in [6.07, 6.45) is 0.328. The summed E-state index contributed by atoms with van der Waals surface area (Å²) >= 11 is 0. The highest BCUT2D eigenvalue weighted by atomic mass is 16.7. The number of pyridine rings is 1. The third-order valence-electron chi connectivity index (χ3n) is 5.62. The van der Waals surface area contributed by atoms with Crippen LogP contribution in [0.15, 0.2) is 42.6 Å². The molecule has 3 atom stereocenters. The molecular weight excluding hydrogens is 478 g/mol. The van der Waals surface area contributed by atoms with Crippen molar-refractivity contribution < 1.29 is 38.1 Å². The number of carbonyl (C=O) groups is 3. The van der Waals surface area contributed by atoms with Gasteiger partial charge in [0.25, 0.3) is 0 Å². The van der Waals surface area contributed by atoms with Crippen LogP contribution in [-0.4, -0.2) is 48.8 Å². The van der Waals surface area contributed by atoms with E-state index in [4.69, 9.17) is 23.7 Å². The molecule has 9 nitrogen and oxygen atoms in total. The monoisotopic (exact) mass is 515 g/mol. The van der Waals surface area contributed by atoms with E-state index in [-0.39, 0.29) is 41.6 Å². The minimum absolute atomic E-state index is 0.0238. The molecule has 0 amide bonds. The fraction of sp³-hybridized carbons (Fsp3) is 0.500. The second-order valence-electron chi connectivity index (χ2n) is 9.40. The second kappa shape index (κ2) is 14.2. The molecule has 9 heteroatoms. The molecule has 0 unspecified atom stereocenters. The lowest BCUT2D eigenvalue weighted by atomic mass is 9.93. The molecule has 37 heavy (non-hydrogen) atoms. The Balaban J connectivity index is 2.15. The average molecular weight is 516 g/mol. The summed E-state index contributed by atoms with van der Waals surface area (Å²) < 4.78 is 27.7. The number of methoxy groups -OCH3 is 1. The van der Waals surface area contributed by atoms with Crippen LogP contribution >= 0.6 is 0 Å². The molecule has 202 valence electrons.